The molecule has 0 aliphatic carbocycles. The maximum atomic E-state index is 8.70. The molecular weight excluding hydrogens is 214 g/mol. The van der Waals surface area contributed by atoms with E-state index in [4.69, 9.17) is 16.4 Å². The third-order valence-corrected chi connectivity index (χ3v) is 2.43. The van der Waals surface area contributed by atoms with E-state index in [0.29, 0.717) is 5.75 Å². The number of rotatable bonds is 3. The Morgan fingerprint density at radius 3 is 2.88 bits per heavy atom. The molecule has 0 amide bonds. The molecule has 0 heterocycles. The first-order chi connectivity index (χ1) is 8.36. The van der Waals surface area contributed by atoms with Crippen LogP contribution in [0.3, 0.4) is 0 Å². The lowest BCUT2D eigenvalue weighted by atomic mass is 10.0. The van der Waals surface area contributed by atoms with Crippen molar-refractivity contribution in [1.82, 2.24) is 0 Å². The van der Waals surface area contributed by atoms with Crippen LogP contribution in [0.4, 0.5) is 0 Å². The molecule has 0 saturated carbocycles. The largest absolute Gasteiger partial charge is 0.480 e. The summed E-state index contributed by atoms with van der Waals surface area (Å²) in [4.78, 5) is 0. The average molecular weight is 225 g/mol. The lowest BCUT2D eigenvalue weighted by molar-refractivity contribution is 0.321. The maximum Gasteiger partial charge on any atom is 0.148 e. The zero-order chi connectivity index (χ0) is 12.1. The van der Waals surface area contributed by atoms with Gasteiger partial charge >= 0.3 is 0 Å². The van der Waals surface area contributed by atoms with Crippen molar-refractivity contribution in [3.05, 3.63) is 42.0 Å². The Balaban J connectivity index is 2.60. The molecule has 2 aromatic rings. The highest BCUT2D eigenvalue weighted by Gasteiger charge is 2.06. The van der Waals surface area contributed by atoms with Crippen molar-refractivity contribution in [2.24, 2.45) is 5.16 Å². The van der Waals surface area contributed by atoms with Gasteiger partial charge in [0.25, 0.3) is 0 Å². The number of terminal acetylenes is 1. The molecule has 0 bridgehead atoms. The Hall–Kier alpha value is -2.47. The SMILES string of the molecule is C#CCOc1ccc2ccccc2c1/C=N\O. The van der Waals surface area contributed by atoms with Gasteiger partial charge in [0.15, 0.2) is 0 Å². The molecule has 0 saturated heterocycles. The molecule has 0 aliphatic rings. The minimum atomic E-state index is 0.185. The lowest BCUT2D eigenvalue weighted by Gasteiger charge is -2.09. The summed E-state index contributed by atoms with van der Waals surface area (Å²) in [5, 5.41) is 13.8. The predicted molar refractivity (Wildman–Crippen MR) is 67.7 cm³/mol. The summed E-state index contributed by atoms with van der Waals surface area (Å²) in [6.45, 7) is 0.185. The minimum absolute atomic E-state index is 0.185. The van der Waals surface area contributed by atoms with E-state index in [1.165, 1.54) is 6.21 Å². The molecule has 84 valence electrons. The zero-order valence-corrected chi connectivity index (χ0v) is 9.13. The summed E-state index contributed by atoms with van der Waals surface area (Å²) in [7, 11) is 0. The molecule has 0 unspecified atom stereocenters. The highest BCUT2D eigenvalue weighted by molar-refractivity contribution is 6.02. The minimum Gasteiger partial charge on any atom is -0.480 e. The Labute approximate surface area is 99.3 Å². The molecule has 0 spiro atoms. The van der Waals surface area contributed by atoms with Gasteiger partial charge in [-0.2, -0.15) is 0 Å². The maximum absolute atomic E-state index is 8.70. The van der Waals surface area contributed by atoms with E-state index in [1.807, 2.05) is 36.4 Å². The highest BCUT2D eigenvalue weighted by Crippen LogP contribution is 2.26. The van der Waals surface area contributed by atoms with Gasteiger partial charge in [-0.3, -0.25) is 0 Å². The topological polar surface area (TPSA) is 41.8 Å². The first-order valence-corrected chi connectivity index (χ1v) is 5.12. The first-order valence-electron chi connectivity index (χ1n) is 5.12. The van der Waals surface area contributed by atoms with Crippen molar-refractivity contribution in [3.8, 4) is 18.1 Å². The second kappa shape index (κ2) is 5.04. The fraction of sp³-hybridized carbons (Fsp3) is 0.0714. The smallest absolute Gasteiger partial charge is 0.148 e. The first kappa shape index (κ1) is 11.0. The van der Waals surface area contributed by atoms with Gasteiger partial charge < -0.3 is 9.94 Å². The summed E-state index contributed by atoms with van der Waals surface area (Å²) >= 11 is 0. The van der Waals surface area contributed by atoms with E-state index in [9.17, 15) is 0 Å². The fourth-order valence-electron chi connectivity index (χ4n) is 1.71. The van der Waals surface area contributed by atoms with Gasteiger partial charge in [0.2, 0.25) is 0 Å². The molecule has 0 aliphatic heterocycles. The van der Waals surface area contributed by atoms with Gasteiger partial charge in [0.05, 0.1) is 6.21 Å². The molecule has 2 aromatic carbocycles. The van der Waals surface area contributed by atoms with Crippen LogP contribution < -0.4 is 4.74 Å². The molecular formula is C14H11NO2. The van der Waals surface area contributed by atoms with Crippen LogP contribution in [0.25, 0.3) is 10.8 Å². The molecule has 17 heavy (non-hydrogen) atoms. The molecule has 0 aromatic heterocycles. The van der Waals surface area contributed by atoms with Crippen LogP contribution in [0.2, 0.25) is 0 Å². The van der Waals surface area contributed by atoms with Gasteiger partial charge in [-0.25, -0.2) is 0 Å². The van der Waals surface area contributed by atoms with Crippen molar-refractivity contribution in [2.45, 2.75) is 0 Å². The van der Waals surface area contributed by atoms with E-state index in [0.717, 1.165) is 16.3 Å². The molecule has 0 fully saturated rings. The lowest BCUT2D eigenvalue weighted by Crippen LogP contribution is -1.98. The molecule has 2 rings (SSSR count). The van der Waals surface area contributed by atoms with Gasteiger partial charge in [-0.1, -0.05) is 41.4 Å². The molecule has 1 N–H and O–H groups in total. The third-order valence-electron chi connectivity index (χ3n) is 2.43. The van der Waals surface area contributed by atoms with Crippen LogP contribution in [-0.2, 0) is 0 Å². The van der Waals surface area contributed by atoms with Crippen LogP contribution >= 0.6 is 0 Å². The van der Waals surface area contributed by atoms with Crippen molar-refractivity contribution in [2.75, 3.05) is 6.61 Å². The van der Waals surface area contributed by atoms with Crippen molar-refractivity contribution in [1.29, 1.82) is 0 Å². The summed E-state index contributed by atoms with van der Waals surface area (Å²) in [5.41, 5.74) is 0.723. The number of fused-ring (bicyclic) bond motifs is 1. The van der Waals surface area contributed by atoms with Gasteiger partial charge in [-0.15, -0.1) is 6.42 Å². The summed E-state index contributed by atoms with van der Waals surface area (Å²) in [5.74, 6) is 3.01. The molecule has 3 heteroatoms. The molecule has 3 nitrogen and oxygen atoms in total. The molecule has 0 atom stereocenters. The molecule has 0 radical (unpaired) electrons. The average Bonchev–Trinajstić information content (AvgIpc) is 2.38. The Kier molecular flexibility index (Phi) is 3.27. The van der Waals surface area contributed by atoms with E-state index >= 15 is 0 Å². The number of nitrogens with zero attached hydrogens (tertiary/aromatic N) is 1. The van der Waals surface area contributed by atoms with Crippen LogP contribution in [0, 0.1) is 12.3 Å². The van der Waals surface area contributed by atoms with Gasteiger partial charge in [0.1, 0.15) is 12.4 Å². The second-order valence-electron chi connectivity index (χ2n) is 3.44. The summed E-state index contributed by atoms with van der Waals surface area (Å²) in [6, 6.07) is 11.5. The highest BCUT2D eigenvalue weighted by atomic mass is 16.5. The van der Waals surface area contributed by atoms with Gasteiger partial charge in [-0.05, 0) is 16.8 Å². The standard InChI is InChI=1S/C14H11NO2/c1-2-9-17-14-8-7-11-5-3-4-6-12(11)13(14)10-15-16/h1,3-8,10,16H,9H2/b15-10-. The van der Waals surface area contributed by atoms with E-state index in [1.54, 1.807) is 0 Å². The Bertz CT molecular complexity index is 597. The van der Waals surface area contributed by atoms with E-state index < -0.39 is 0 Å². The summed E-state index contributed by atoms with van der Waals surface area (Å²) < 4.78 is 5.41. The van der Waals surface area contributed by atoms with E-state index in [-0.39, 0.29) is 6.61 Å². The van der Waals surface area contributed by atoms with E-state index in [2.05, 4.69) is 11.1 Å². The van der Waals surface area contributed by atoms with Crippen molar-refractivity contribution < 1.29 is 9.94 Å². The van der Waals surface area contributed by atoms with Crippen LogP contribution in [0.1, 0.15) is 5.56 Å². The Morgan fingerprint density at radius 1 is 1.29 bits per heavy atom. The fourth-order valence-corrected chi connectivity index (χ4v) is 1.71. The van der Waals surface area contributed by atoms with Crippen LogP contribution in [-0.4, -0.2) is 18.0 Å². The number of ether oxygens (including phenoxy) is 1. The normalized spacial score (nSPS) is 10.5. The van der Waals surface area contributed by atoms with Crippen LogP contribution in [0.5, 0.6) is 5.75 Å². The Morgan fingerprint density at radius 2 is 2.12 bits per heavy atom. The van der Waals surface area contributed by atoms with Gasteiger partial charge in [0, 0.05) is 5.56 Å². The number of benzene rings is 2. The van der Waals surface area contributed by atoms with Crippen molar-refractivity contribution in [3.63, 3.8) is 0 Å². The second-order valence-corrected chi connectivity index (χ2v) is 3.44. The third kappa shape index (κ3) is 2.21. The predicted octanol–water partition coefficient (Wildman–Crippen LogP) is 2.66. The van der Waals surface area contributed by atoms with Crippen LogP contribution in [0.15, 0.2) is 41.6 Å². The summed E-state index contributed by atoms with van der Waals surface area (Å²) in [6.07, 6.45) is 6.51. The number of hydrogen-bond acceptors (Lipinski definition) is 3. The number of oxime groups is 1. The quantitative estimate of drug-likeness (QED) is 0.377. The monoisotopic (exact) mass is 225 g/mol. The van der Waals surface area contributed by atoms with Crippen molar-refractivity contribution >= 4 is 17.0 Å². The zero-order valence-electron chi connectivity index (χ0n) is 9.13. The number of hydrogen-bond donors (Lipinski definition) is 1.